The molecule has 8 heteroatoms. The highest BCUT2D eigenvalue weighted by Gasteiger charge is 2.07. The highest BCUT2D eigenvalue weighted by atomic mass is 35.5. The Kier molecular flexibility index (Phi) is 6.03. The zero-order valence-electron chi connectivity index (χ0n) is 15.4. The molecular formula is C19H20ClN5O2. The van der Waals surface area contributed by atoms with Gasteiger partial charge in [-0.3, -0.25) is 0 Å². The fourth-order valence-electron chi connectivity index (χ4n) is 2.46. The Labute approximate surface area is 162 Å². The van der Waals surface area contributed by atoms with Gasteiger partial charge in [0.1, 0.15) is 22.4 Å². The molecule has 0 aliphatic rings. The number of aromatic nitrogens is 4. The summed E-state index contributed by atoms with van der Waals surface area (Å²) in [6.07, 6.45) is 0.820. The van der Waals surface area contributed by atoms with Crippen molar-refractivity contribution in [2.45, 2.75) is 20.3 Å². The van der Waals surface area contributed by atoms with E-state index in [4.69, 9.17) is 21.1 Å². The topological polar surface area (TPSA) is 82.0 Å². The highest BCUT2D eigenvalue weighted by Crippen LogP contribution is 2.23. The Balaban J connectivity index is 1.54. The fourth-order valence-corrected chi connectivity index (χ4v) is 2.61. The summed E-state index contributed by atoms with van der Waals surface area (Å²) in [5.41, 5.74) is 1.93. The number of nitrogens with zero attached hydrogens (tertiary/aromatic N) is 4. The van der Waals surface area contributed by atoms with E-state index in [2.05, 4.69) is 25.5 Å². The normalized spacial score (nSPS) is 10.5. The van der Waals surface area contributed by atoms with E-state index < -0.39 is 0 Å². The molecule has 0 bridgehead atoms. The van der Waals surface area contributed by atoms with Gasteiger partial charge in [0, 0.05) is 18.7 Å². The van der Waals surface area contributed by atoms with E-state index in [0.29, 0.717) is 40.7 Å². The third-order valence-electron chi connectivity index (χ3n) is 3.81. The average molecular weight is 386 g/mol. The molecule has 0 aliphatic carbocycles. The Morgan fingerprint density at radius 3 is 2.33 bits per heavy atom. The molecule has 1 N–H and O–H groups in total. The molecule has 0 saturated heterocycles. The van der Waals surface area contributed by atoms with Gasteiger partial charge in [0.05, 0.1) is 12.8 Å². The molecule has 0 aliphatic heterocycles. The molecule has 140 valence electrons. The van der Waals surface area contributed by atoms with E-state index in [-0.39, 0.29) is 0 Å². The summed E-state index contributed by atoms with van der Waals surface area (Å²) < 4.78 is 10.6. The van der Waals surface area contributed by atoms with Gasteiger partial charge in [-0.15, -0.1) is 10.2 Å². The number of halogens is 1. The monoisotopic (exact) mass is 385 g/mol. The van der Waals surface area contributed by atoms with Gasteiger partial charge in [-0.1, -0.05) is 23.7 Å². The molecular weight excluding hydrogens is 366 g/mol. The Morgan fingerprint density at radius 1 is 0.963 bits per heavy atom. The molecule has 27 heavy (non-hydrogen) atoms. The molecule has 1 aromatic carbocycles. The van der Waals surface area contributed by atoms with E-state index in [1.807, 2.05) is 38.1 Å². The van der Waals surface area contributed by atoms with Crippen LogP contribution in [0, 0.1) is 13.8 Å². The first-order valence-corrected chi connectivity index (χ1v) is 8.82. The molecule has 7 nitrogen and oxygen atoms in total. The van der Waals surface area contributed by atoms with Crippen LogP contribution in [0.4, 0.5) is 5.82 Å². The molecule has 0 atom stereocenters. The van der Waals surface area contributed by atoms with Gasteiger partial charge in [-0.2, -0.15) is 0 Å². The number of anilines is 1. The van der Waals surface area contributed by atoms with Crippen LogP contribution in [0.15, 0.2) is 36.4 Å². The van der Waals surface area contributed by atoms with Gasteiger partial charge >= 0.3 is 0 Å². The number of benzene rings is 1. The van der Waals surface area contributed by atoms with Crippen molar-refractivity contribution in [2.24, 2.45) is 0 Å². The number of methoxy groups -OCH3 is 1. The van der Waals surface area contributed by atoms with Crippen LogP contribution in [-0.2, 0) is 6.42 Å². The Hall–Kier alpha value is -2.93. The number of hydrogen-bond donors (Lipinski definition) is 1. The summed E-state index contributed by atoms with van der Waals surface area (Å²) in [5, 5.41) is 11.6. The Bertz CT molecular complexity index is 901. The van der Waals surface area contributed by atoms with Crippen LogP contribution in [0.5, 0.6) is 17.5 Å². The second kappa shape index (κ2) is 8.64. The van der Waals surface area contributed by atoms with E-state index in [0.717, 1.165) is 17.7 Å². The summed E-state index contributed by atoms with van der Waals surface area (Å²) in [4.78, 5) is 8.58. The zero-order valence-corrected chi connectivity index (χ0v) is 16.1. The van der Waals surface area contributed by atoms with Gasteiger partial charge in [0.2, 0.25) is 11.8 Å². The van der Waals surface area contributed by atoms with Crippen LogP contribution >= 0.6 is 11.6 Å². The van der Waals surface area contributed by atoms with Crippen LogP contribution in [0.2, 0.25) is 5.02 Å². The maximum absolute atomic E-state index is 6.24. The first-order chi connectivity index (χ1) is 13.0. The summed E-state index contributed by atoms with van der Waals surface area (Å²) in [6.45, 7) is 4.42. The third kappa shape index (κ3) is 5.04. The van der Waals surface area contributed by atoms with E-state index in [1.54, 1.807) is 19.2 Å². The maximum Gasteiger partial charge on any atom is 0.239 e. The average Bonchev–Trinajstić information content (AvgIpc) is 2.67. The molecule has 0 fully saturated rings. The number of hydrogen-bond acceptors (Lipinski definition) is 7. The largest absolute Gasteiger partial charge is 0.480 e. The maximum atomic E-state index is 6.24. The van der Waals surface area contributed by atoms with E-state index in [9.17, 15) is 0 Å². The van der Waals surface area contributed by atoms with Gasteiger partial charge < -0.3 is 14.8 Å². The molecule has 0 unspecified atom stereocenters. The lowest BCUT2D eigenvalue weighted by Gasteiger charge is -2.10. The minimum atomic E-state index is 0.411. The lowest BCUT2D eigenvalue weighted by molar-refractivity contribution is 0.383. The molecule has 3 rings (SSSR count). The molecule has 0 amide bonds. The van der Waals surface area contributed by atoms with Crippen molar-refractivity contribution >= 4 is 17.4 Å². The molecule has 0 spiro atoms. The minimum Gasteiger partial charge on any atom is -0.480 e. The van der Waals surface area contributed by atoms with Gasteiger partial charge in [-0.05, 0) is 38.0 Å². The van der Waals surface area contributed by atoms with Crippen molar-refractivity contribution < 1.29 is 9.47 Å². The molecule has 3 aromatic rings. The summed E-state index contributed by atoms with van der Waals surface area (Å²) in [6, 6.07) is 11.2. The first-order valence-electron chi connectivity index (χ1n) is 8.44. The van der Waals surface area contributed by atoms with Crippen LogP contribution in [0.25, 0.3) is 0 Å². The number of aryl methyl sites for hydroxylation is 2. The van der Waals surface area contributed by atoms with Crippen molar-refractivity contribution in [2.75, 3.05) is 19.0 Å². The van der Waals surface area contributed by atoms with Crippen molar-refractivity contribution in [1.82, 2.24) is 20.2 Å². The van der Waals surface area contributed by atoms with E-state index in [1.165, 1.54) is 0 Å². The van der Waals surface area contributed by atoms with Crippen molar-refractivity contribution in [1.29, 1.82) is 0 Å². The van der Waals surface area contributed by atoms with Crippen molar-refractivity contribution in [3.05, 3.63) is 58.5 Å². The van der Waals surface area contributed by atoms with Gasteiger partial charge in [-0.25, -0.2) is 9.97 Å². The fraction of sp³-hybridized carbons (Fsp3) is 0.263. The van der Waals surface area contributed by atoms with Crippen LogP contribution < -0.4 is 14.8 Å². The SMILES string of the molecule is COc1ccc(Oc2ccc(CCNc3nc(C)nc(C)c3Cl)cc2)nn1. The molecule has 2 aromatic heterocycles. The quantitative estimate of drug-likeness (QED) is 0.658. The number of nitrogens with one attached hydrogen (secondary N) is 1. The van der Waals surface area contributed by atoms with Crippen molar-refractivity contribution in [3.8, 4) is 17.5 Å². The smallest absolute Gasteiger partial charge is 0.239 e. The standard InChI is InChI=1S/C19H20ClN5O2/c1-12-18(20)19(23-13(2)22-12)21-11-10-14-4-6-15(7-5-14)27-17-9-8-16(26-3)24-25-17/h4-9H,10-11H2,1-3H3,(H,21,22,23). The zero-order chi connectivity index (χ0) is 19.2. The van der Waals surface area contributed by atoms with Crippen molar-refractivity contribution in [3.63, 3.8) is 0 Å². The second-order valence-electron chi connectivity index (χ2n) is 5.86. The van der Waals surface area contributed by atoms with Crippen LogP contribution in [0.3, 0.4) is 0 Å². The second-order valence-corrected chi connectivity index (χ2v) is 6.23. The summed E-state index contributed by atoms with van der Waals surface area (Å²) in [5.74, 6) is 2.91. The minimum absolute atomic E-state index is 0.411. The predicted molar refractivity (Wildman–Crippen MR) is 104 cm³/mol. The van der Waals surface area contributed by atoms with Crippen LogP contribution in [-0.4, -0.2) is 33.8 Å². The summed E-state index contributed by atoms with van der Waals surface area (Å²) in [7, 11) is 1.54. The predicted octanol–water partition coefficient (Wildman–Crippen LogP) is 3.99. The van der Waals surface area contributed by atoms with Crippen LogP contribution in [0.1, 0.15) is 17.1 Å². The summed E-state index contributed by atoms with van der Waals surface area (Å²) >= 11 is 6.24. The number of ether oxygens (including phenoxy) is 2. The lowest BCUT2D eigenvalue weighted by atomic mass is 10.1. The molecule has 2 heterocycles. The Morgan fingerprint density at radius 2 is 1.67 bits per heavy atom. The number of rotatable bonds is 7. The highest BCUT2D eigenvalue weighted by molar-refractivity contribution is 6.33. The van der Waals surface area contributed by atoms with Gasteiger partial charge in [0.15, 0.2) is 0 Å². The molecule has 0 saturated carbocycles. The lowest BCUT2D eigenvalue weighted by Crippen LogP contribution is -2.09. The third-order valence-corrected chi connectivity index (χ3v) is 4.26. The van der Waals surface area contributed by atoms with Gasteiger partial charge in [0.25, 0.3) is 0 Å². The molecule has 0 radical (unpaired) electrons. The first kappa shape index (κ1) is 18.8. The van der Waals surface area contributed by atoms with E-state index >= 15 is 0 Å².